The maximum absolute atomic E-state index is 14.0. The number of nitrogens with two attached hydrogens (primary N) is 1. The minimum Gasteiger partial charge on any atom is -0.465 e. The van der Waals surface area contributed by atoms with Gasteiger partial charge in [-0.15, -0.1) is 0 Å². The van der Waals surface area contributed by atoms with Gasteiger partial charge in [-0.25, -0.2) is 4.79 Å². The summed E-state index contributed by atoms with van der Waals surface area (Å²) in [5.74, 6) is -1.10. The van der Waals surface area contributed by atoms with Gasteiger partial charge in [0, 0.05) is 30.6 Å². The number of allylic oxidation sites excluding steroid dienone is 1. The number of ether oxygens (including phenoxy) is 2. The van der Waals surface area contributed by atoms with Crippen molar-refractivity contribution in [3.8, 4) is 0 Å². The molecule has 0 fully saturated rings. The van der Waals surface area contributed by atoms with Crippen molar-refractivity contribution in [2.45, 2.75) is 44.4 Å². The normalized spacial score (nSPS) is 23.3. The number of hydrogen-bond donors (Lipinski definition) is 1. The number of benzene rings is 1. The molecule has 1 aliphatic carbocycles. The van der Waals surface area contributed by atoms with Crippen molar-refractivity contribution in [3.05, 3.63) is 52.6 Å². The van der Waals surface area contributed by atoms with Crippen LogP contribution in [0.2, 0.25) is 0 Å². The Kier molecular flexibility index (Phi) is 4.68. The monoisotopic (exact) mass is 396 g/mol. The molecule has 1 spiro atoms. The zero-order valence-electron chi connectivity index (χ0n) is 16.6. The largest absolute Gasteiger partial charge is 0.465 e. The van der Waals surface area contributed by atoms with Gasteiger partial charge in [-0.2, -0.15) is 0 Å². The van der Waals surface area contributed by atoms with Gasteiger partial charge >= 0.3 is 5.97 Å². The summed E-state index contributed by atoms with van der Waals surface area (Å²) in [4.78, 5) is 41.6. The maximum Gasteiger partial charge on any atom is 0.340 e. The number of unbranched alkanes of at least 4 members (excludes halogenated alkanes) is 1. The van der Waals surface area contributed by atoms with E-state index in [2.05, 4.69) is 0 Å². The number of rotatable bonds is 4. The molecule has 0 bridgehead atoms. The molecule has 1 unspecified atom stereocenters. The van der Waals surface area contributed by atoms with Gasteiger partial charge < -0.3 is 20.1 Å². The third-order valence-electron chi connectivity index (χ3n) is 5.88. The van der Waals surface area contributed by atoms with Crippen LogP contribution in [0.1, 0.15) is 44.6 Å². The molecule has 0 aromatic heterocycles. The zero-order valence-corrected chi connectivity index (χ0v) is 16.6. The number of fused-ring (bicyclic) bond motifs is 3. The molecule has 0 radical (unpaired) electrons. The van der Waals surface area contributed by atoms with Crippen LogP contribution < -0.4 is 10.6 Å². The van der Waals surface area contributed by atoms with E-state index in [1.165, 1.54) is 7.11 Å². The molecule has 7 heteroatoms. The van der Waals surface area contributed by atoms with Crippen molar-refractivity contribution < 1.29 is 23.9 Å². The second-order valence-corrected chi connectivity index (χ2v) is 7.49. The van der Waals surface area contributed by atoms with Crippen molar-refractivity contribution in [1.29, 1.82) is 0 Å². The molecule has 2 N–H and O–H groups in total. The molecular weight excluding hydrogens is 372 g/mol. The molecule has 2 aliphatic heterocycles. The molecule has 2 heterocycles. The summed E-state index contributed by atoms with van der Waals surface area (Å²) >= 11 is 0. The Bertz CT molecular complexity index is 977. The Morgan fingerprint density at radius 1 is 1.28 bits per heavy atom. The van der Waals surface area contributed by atoms with E-state index in [0.29, 0.717) is 42.8 Å². The summed E-state index contributed by atoms with van der Waals surface area (Å²) in [5, 5.41) is 0. The highest BCUT2D eigenvalue weighted by Crippen LogP contribution is 2.56. The van der Waals surface area contributed by atoms with Crippen LogP contribution in [-0.4, -0.2) is 31.3 Å². The predicted molar refractivity (Wildman–Crippen MR) is 106 cm³/mol. The molecule has 0 saturated heterocycles. The van der Waals surface area contributed by atoms with Gasteiger partial charge in [0.1, 0.15) is 16.7 Å². The van der Waals surface area contributed by atoms with Crippen molar-refractivity contribution in [2.75, 3.05) is 18.6 Å². The van der Waals surface area contributed by atoms with Gasteiger partial charge in [0.25, 0.3) is 0 Å². The second-order valence-electron chi connectivity index (χ2n) is 7.49. The molecule has 152 valence electrons. The lowest BCUT2D eigenvalue weighted by Gasteiger charge is -2.38. The van der Waals surface area contributed by atoms with Crippen LogP contribution >= 0.6 is 0 Å². The van der Waals surface area contributed by atoms with Crippen LogP contribution in [0.4, 0.5) is 5.69 Å². The lowest BCUT2D eigenvalue weighted by atomic mass is 9.64. The fourth-order valence-electron chi connectivity index (χ4n) is 4.66. The first-order valence-electron chi connectivity index (χ1n) is 9.93. The van der Waals surface area contributed by atoms with E-state index >= 15 is 0 Å². The Morgan fingerprint density at radius 3 is 2.76 bits per heavy atom. The topological polar surface area (TPSA) is 98.9 Å². The molecule has 1 atom stereocenters. The summed E-state index contributed by atoms with van der Waals surface area (Å²) in [6.45, 7) is 2.53. The summed E-state index contributed by atoms with van der Waals surface area (Å²) in [6.07, 6.45) is 3.09. The molecule has 1 amide bonds. The first kappa shape index (κ1) is 19.2. The first-order chi connectivity index (χ1) is 14.0. The molecule has 3 aliphatic rings. The van der Waals surface area contributed by atoms with Gasteiger partial charge in [-0.1, -0.05) is 31.5 Å². The lowest BCUT2D eigenvalue weighted by Crippen LogP contribution is -2.51. The Labute approximate surface area is 169 Å². The highest BCUT2D eigenvalue weighted by Gasteiger charge is 2.63. The Balaban J connectivity index is 2.06. The predicted octanol–water partition coefficient (Wildman–Crippen LogP) is 2.45. The van der Waals surface area contributed by atoms with Gasteiger partial charge in [0.05, 0.1) is 12.7 Å². The molecule has 7 nitrogen and oxygen atoms in total. The van der Waals surface area contributed by atoms with Gasteiger partial charge in [-0.3, -0.25) is 9.59 Å². The van der Waals surface area contributed by atoms with Gasteiger partial charge in [-0.05, 0) is 18.9 Å². The van der Waals surface area contributed by atoms with Gasteiger partial charge in [0.2, 0.25) is 11.8 Å². The Hall–Kier alpha value is -3.09. The molecule has 1 aromatic rings. The van der Waals surface area contributed by atoms with Crippen molar-refractivity contribution >= 4 is 23.3 Å². The second kappa shape index (κ2) is 7.06. The number of methoxy groups -OCH3 is 1. The minimum absolute atomic E-state index is 0.106. The average molecular weight is 396 g/mol. The number of ketones is 1. The number of anilines is 1. The zero-order chi connectivity index (χ0) is 20.8. The van der Waals surface area contributed by atoms with Crippen LogP contribution in [0.15, 0.2) is 47.1 Å². The minimum atomic E-state index is -1.62. The molecule has 1 aromatic carbocycles. The van der Waals surface area contributed by atoms with E-state index in [0.717, 1.165) is 12.8 Å². The quantitative estimate of drug-likeness (QED) is 0.785. The number of carbonyl (C=O) groups excluding carboxylic acids is 3. The number of amides is 1. The highest BCUT2D eigenvalue weighted by atomic mass is 16.5. The Morgan fingerprint density at radius 2 is 2.03 bits per heavy atom. The number of nitrogens with zero attached hydrogens (tertiary/aromatic N) is 1. The van der Waals surface area contributed by atoms with E-state index in [1.54, 1.807) is 17.0 Å². The highest BCUT2D eigenvalue weighted by molar-refractivity contribution is 6.23. The first-order valence-corrected chi connectivity index (χ1v) is 9.93. The maximum atomic E-state index is 14.0. The summed E-state index contributed by atoms with van der Waals surface area (Å²) in [5.41, 5.74) is 5.94. The van der Waals surface area contributed by atoms with Crippen LogP contribution in [-0.2, 0) is 29.3 Å². The molecular formula is C22H24N2O5. The average Bonchev–Trinajstić information content (AvgIpc) is 2.95. The third-order valence-corrected chi connectivity index (χ3v) is 5.88. The van der Waals surface area contributed by atoms with Crippen LogP contribution in [0.5, 0.6) is 0 Å². The molecule has 0 saturated carbocycles. The number of carbonyl (C=O) groups is 3. The van der Waals surface area contributed by atoms with Crippen molar-refractivity contribution in [1.82, 2.24) is 0 Å². The van der Waals surface area contributed by atoms with Crippen LogP contribution in [0, 0.1) is 0 Å². The standard InChI is InChI=1S/C22H24N2O5/c1-3-4-12-24-14-9-6-5-8-13(14)22(21(24)27)17-15(25)10-7-11-16(17)29-19(23)18(22)20(26)28-2/h5-6,8-9H,3-4,7,10-12,23H2,1-2H3. The number of Topliss-reactive ketones (excluding diaryl/α,β-unsaturated/α-hetero) is 1. The smallest absolute Gasteiger partial charge is 0.340 e. The fourth-order valence-corrected chi connectivity index (χ4v) is 4.66. The van der Waals surface area contributed by atoms with Crippen LogP contribution in [0.3, 0.4) is 0 Å². The van der Waals surface area contributed by atoms with Gasteiger partial charge in [0.15, 0.2) is 5.78 Å². The number of para-hydroxylation sites is 1. The van der Waals surface area contributed by atoms with Crippen LogP contribution in [0.25, 0.3) is 0 Å². The third kappa shape index (κ3) is 2.53. The van der Waals surface area contributed by atoms with E-state index in [9.17, 15) is 14.4 Å². The fraction of sp³-hybridized carbons (Fsp3) is 0.409. The van der Waals surface area contributed by atoms with E-state index < -0.39 is 11.4 Å². The number of esters is 1. The summed E-state index contributed by atoms with van der Waals surface area (Å²) in [6, 6.07) is 7.26. The SMILES string of the molecule is CCCCN1C(=O)C2(C(C(=O)OC)=C(N)OC3=C2C(=O)CCC3)c2ccccc21. The summed E-state index contributed by atoms with van der Waals surface area (Å²) < 4.78 is 10.7. The lowest BCUT2D eigenvalue weighted by molar-refractivity contribution is -0.139. The molecule has 29 heavy (non-hydrogen) atoms. The van der Waals surface area contributed by atoms with E-state index in [1.807, 2.05) is 19.1 Å². The molecule has 4 rings (SSSR count). The summed E-state index contributed by atoms with van der Waals surface area (Å²) in [7, 11) is 1.23. The van der Waals surface area contributed by atoms with Crippen molar-refractivity contribution in [2.24, 2.45) is 5.73 Å². The van der Waals surface area contributed by atoms with E-state index in [-0.39, 0.29) is 28.7 Å². The van der Waals surface area contributed by atoms with E-state index in [4.69, 9.17) is 15.2 Å². The van der Waals surface area contributed by atoms with Crippen molar-refractivity contribution in [3.63, 3.8) is 0 Å². The number of hydrogen-bond acceptors (Lipinski definition) is 6.